The molecule has 0 unspecified atom stereocenters. The second kappa shape index (κ2) is 5.08. The van der Waals surface area contributed by atoms with Crippen molar-refractivity contribution in [1.82, 2.24) is 10.2 Å². The third-order valence-corrected chi connectivity index (χ3v) is 4.05. The van der Waals surface area contributed by atoms with Gasteiger partial charge in [0.15, 0.2) is 0 Å². The molecule has 0 aromatic heterocycles. The van der Waals surface area contributed by atoms with Crippen LogP contribution in [0.1, 0.15) is 0 Å². The van der Waals surface area contributed by atoms with Gasteiger partial charge in [-0.25, -0.2) is 0 Å². The molecular formula is C11H13N2Se. The van der Waals surface area contributed by atoms with E-state index in [9.17, 15) is 0 Å². The molecule has 1 aromatic rings. The Bertz CT molecular complexity index is 297. The number of rotatable bonds is 4. The molecule has 2 nitrogen and oxygen atoms in total. The zero-order valence-corrected chi connectivity index (χ0v) is 9.60. The van der Waals surface area contributed by atoms with Crippen LogP contribution < -0.4 is 9.78 Å². The summed E-state index contributed by atoms with van der Waals surface area (Å²) >= 11 is 0.603. The van der Waals surface area contributed by atoms with Crippen LogP contribution in [0.5, 0.6) is 0 Å². The summed E-state index contributed by atoms with van der Waals surface area (Å²) in [5.41, 5.74) is 0. The summed E-state index contributed by atoms with van der Waals surface area (Å²) < 4.78 is 1.48. The summed E-state index contributed by atoms with van der Waals surface area (Å²) in [4.78, 5) is 2.19. The Morgan fingerprint density at radius 2 is 2.07 bits per heavy atom. The van der Waals surface area contributed by atoms with Gasteiger partial charge in [-0.15, -0.1) is 0 Å². The van der Waals surface area contributed by atoms with Gasteiger partial charge in [0.25, 0.3) is 0 Å². The zero-order chi connectivity index (χ0) is 9.64. The van der Waals surface area contributed by atoms with E-state index in [1.807, 2.05) is 12.9 Å². The molecule has 0 atom stereocenters. The van der Waals surface area contributed by atoms with Gasteiger partial charge in [-0.05, 0) is 0 Å². The molecule has 1 aliphatic heterocycles. The summed E-state index contributed by atoms with van der Waals surface area (Å²) in [6.07, 6.45) is 4.02. The van der Waals surface area contributed by atoms with Gasteiger partial charge in [0.05, 0.1) is 0 Å². The molecular weight excluding hydrogens is 239 g/mol. The predicted octanol–water partition coefficient (Wildman–Crippen LogP) is 0.930. The molecule has 2 rings (SSSR count). The van der Waals surface area contributed by atoms with E-state index in [4.69, 9.17) is 0 Å². The van der Waals surface area contributed by atoms with Crippen molar-refractivity contribution in [2.75, 3.05) is 6.54 Å². The molecule has 0 fully saturated rings. The number of hydrogen-bond acceptors (Lipinski definition) is 2. The van der Waals surface area contributed by atoms with Crippen LogP contribution in [-0.2, 0) is 0 Å². The van der Waals surface area contributed by atoms with Gasteiger partial charge in [0.1, 0.15) is 0 Å². The van der Waals surface area contributed by atoms with E-state index < -0.39 is 0 Å². The normalized spacial score (nSPS) is 14.4. The first kappa shape index (κ1) is 9.63. The topological polar surface area (TPSA) is 15.3 Å². The van der Waals surface area contributed by atoms with Crippen molar-refractivity contribution in [3.63, 3.8) is 0 Å². The Hall–Kier alpha value is -0.921. The molecule has 0 saturated heterocycles. The number of nitrogens with one attached hydrogen (secondary N) is 1. The maximum atomic E-state index is 3.05. The van der Waals surface area contributed by atoms with Gasteiger partial charge in [-0.1, -0.05) is 0 Å². The van der Waals surface area contributed by atoms with Gasteiger partial charge in [0.2, 0.25) is 0 Å². The summed E-state index contributed by atoms with van der Waals surface area (Å²) in [6, 6.07) is 10.7. The molecule has 1 N–H and O–H groups in total. The summed E-state index contributed by atoms with van der Waals surface area (Å²) in [5, 5.41) is 4.30. The van der Waals surface area contributed by atoms with Gasteiger partial charge >= 0.3 is 90.9 Å². The molecule has 0 bridgehead atoms. The van der Waals surface area contributed by atoms with Crippen molar-refractivity contribution in [2.45, 2.75) is 5.32 Å². The average molecular weight is 252 g/mol. The molecule has 0 aliphatic carbocycles. The monoisotopic (exact) mass is 253 g/mol. The molecule has 0 saturated carbocycles. The van der Waals surface area contributed by atoms with Crippen molar-refractivity contribution >= 4 is 19.4 Å². The van der Waals surface area contributed by atoms with Crippen LogP contribution in [0.15, 0.2) is 42.7 Å². The third-order valence-electron chi connectivity index (χ3n) is 1.96. The fraction of sp³-hybridized carbons (Fsp3) is 0.182. The molecule has 73 valence electrons. The van der Waals surface area contributed by atoms with Crippen LogP contribution in [0.4, 0.5) is 0 Å². The van der Waals surface area contributed by atoms with Gasteiger partial charge < -0.3 is 0 Å². The van der Waals surface area contributed by atoms with E-state index in [1.165, 1.54) is 9.78 Å². The number of nitrogens with zero attached hydrogens (tertiary/aromatic N) is 1. The van der Waals surface area contributed by atoms with E-state index in [0.717, 1.165) is 6.54 Å². The molecule has 14 heavy (non-hydrogen) atoms. The summed E-state index contributed by atoms with van der Waals surface area (Å²) in [5.74, 6) is 0. The molecule has 1 aliphatic rings. The summed E-state index contributed by atoms with van der Waals surface area (Å²) in [7, 11) is 0. The number of hydrogen-bond donors (Lipinski definition) is 1. The van der Waals surface area contributed by atoms with Crippen LogP contribution in [-0.4, -0.2) is 26.4 Å². The Labute approximate surface area is 91.2 Å². The molecule has 1 radical (unpaired) electrons. The minimum absolute atomic E-state index is 0.603. The van der Waals surface area contributed by atoms with Crippen LogP contribution in [0, 0.1) is 6.67 Å². The Morgan fingerprint density at radius 3 is 2.79 bits per heavy atom. The van der Waals surface area contributed by atoms with E-state index in [-0.39, 0.29) is 0 Å². The van der Waals surface area contributed by atoms with E-state index in [2.05, 4.69) is 46.7 Å². The maximum absolute atomic E-state index is 3.05. The number of benzene rings is 1. The van der Waals surface area contributed by atoms with Crippen molar-refractivity contribution in [3.05, 3.63) is 49.4 Å². The molecule has 3 heteroatoms. The summed E-state index contributed by atoms with van der Waals surface area (Å²) in [6.45, 7) is 3.11. The average Bonchev–Trinajstić information content (AvgIpc) is 2.72. The fourth-order valence-corrected chi connectivity index (χ4v) is 3.11. The second-order valence-corrected chi connectivity index (χ2v) is 5.46. The quantitative estimate of drug-likeness (QED) is 0.802. The SMILES string of the molecule is [CH]1NC=CN1CC[Se]c1ccccc1. The van der Waals surface area contributed by atoms with Gasteiger partial charge in [0, 0.05) is 0 Å². The van der Waals surface area contributed by atoms with Crippen molar-refractivity contribution in [1.29, 1.82) is 0 Å². The Kier molecular flexibility index (Phi) is 3.50. The van der Waals surface area contributed by atoms with E-state index in [1.54, 1.807) is 0 Å². The zero-order valence-electron chi connectivity index (χ0n) is 7.89. The third kappa shape index (κ3) is 2.79. The van der Waals surface area contributed by atoms with Gasteiger partial charge in [-0.3, -0.25) is 0 Å². The van der Waals surface area contributed by atoms with E-state index in [0.29, 0.717) is 15.0 Å². The molecule has 0 amide bonds. The van der Waals surface area contributed by atoms with Crippen LogP contribution in [0.3, 0.4) is 0 Å². The van der Waals surface area contributed by atoms with Crippen molar-refractivity contribution < 1.29 is 0 Å². The molecule has 0 spiro atoms. The first-order valence-electron chi connectivity index (χ1n) is 4.65. The van der Waals surface area contributed by atoms with Gasteiger partial charge in [-0.2, -0.15) is 0 Å². The Morgan fingerprint density at radius 1 is 1.21 bits per heavy atom. The first-order chi connectivity index (χ1) is 6.95. The minimum atomic E-state index is 0.603. The first-order valence-corrected chi connectivity index (χ1v) is 6.71. The van der Waals surface area contributed by atoms with Crippen molar-refractivity contribution in [2.24, 2.45) is 0 Å². The Balaban J connectivity index is 1.70. The fourth-order valence-electron chi connectivity index (χ4n) is 1.25. The molecule has 1 heterocycles. The standard InChI is InChI=1S/C11H13N2Se/c1-2-4-11(5-3-1)14-9-8-13-7-6-12-10-13/h1-7,10,12H,8-9H2. The predicted molar refractivity (Wildman–Crippen MR) is 59.9 cm³/mol. The second-order valence-electron chi connectivity index (χ2n) is 3.01. The van der Waals surface area contributed by atoms with Crippen molar-refractivity contribution in [3.8, 4) is 0 Å². The molecule has 1 aromatic carbocycles. The van der Waals surface area contributed by atoms with E-state index >= 15 is 0 Å². The van der Waals surface area contributed by atoms with Crippen LogP contribution >= 0.6 is 0 Å². The van der Waals surface area contributed by atoms with Crippen LogP contribution in [0.25, 0.3) is 0 Å². The van der Waals surface area contributed by atoms with Crippen LogP contribution in [0.2, 0.25) is 5.32 Å².